The summed E-state index contributed by atoms with van der Waals surface area (Å²) in [5, 5.41) is 4.38. The van der Waals surface area contributed by atoms with E-state index in [1.165, 1.54) is 16.8 Å². The number of hydrogen-bond acceptors (Lipinski definition) is 3. The van der Waals surface area contributed by atoms with Crippen LogP contribution in [0.25, 0.3) is 0 Å². The highest BCUT2D eigenvalue weighted by Crippen LogP contribution is 2.26. The number of fused-ring (bicyclic) bond motifs is 1. The zero-order chi connectivity index (χ0) is 12.4. The quantitative estimate of drug-likeness (QED) is 0.917. The summed E-state index contributed by atoms with van der Waals surface area (Å²) in [4.78, 5) is 2.43. The van der Waals surface area contributed by atoms with Gasteiger partial charge in [0.15, 0.2) is 0 Å². The number of hydrogen-bond donors (Lipinski definition) is 1. The van der Waals surface area contributed by atoms with Crippen LogP contribution in [0.4, 0.5) is 5.69 Å². The lowest BCUT2D eigenvalue weighted by atomic mass is 9.98. The van der Waals surface area contributed by atoms with E-state index in [9.17, 15) is 0 Å². The Morgan fingerprint density at radius 2 is 2.17 bits per heavy atom. The van der Waals surface area contributed by atoms with Gasteiger partial charge in [-0.1, -0.05) is 18.2 Å². The molecular weight excluding hydrogens is 240 g/mol. The fraction of sp³-hybridized carbons (Fsp3) is 0.333. The van der Waals surface area contributed by atoms with Crippen LogP contribution in [0.1, 0.15) is 11.1 Å². The number of para-hydroxylation sites is 1. The van der Waals surface area contributed by atoms with Crippen LogP contribution in [0, 0.1) is 0 Å². The van der Waals surface area contributed by atoms with E-state index in [1.807, 2.05) is 0 Å². The standard InChI is InChI=1S/C15H18N2S/c16-14-9-13-3-1-2-4-15(13)17(10-14)7-5-12-6-8-18-11-12/h1-4,6,8,11,14H,5,7,9-10,16H2. The van der Waals surface area contributed by atoms with E-state index in [2.05, 4.69) is 46.0 Å². The minimum atomic E-state index is 0.266. The first-order valence-electron chi connectivity index (χ1n) is 6.42. The van der Waals surface area contributed by atoms with E-state index in [0.29, 0.717) is 0 Å². The zero-order valence-electron chi connectivity index (χ0n) is 10.4. The predicted octanol–water partition coefficient (Wildman–Crippen LogP) is 2.68. The molecule has 0 saturated heterocycles. The van der Waals surface area contributed by atoms with Gasteiger partial charge in [-0.25, -0.2) is 0 Å². The van der Waals surface area contributed by atoms with Crippen LogP contribution in [0.5, 0.6) is 0 Å². The normalized spacial score (nSPS) is 18.7. The van der Waals surface area contributed by atoms with Gasteiger partial charge in [-0.15, -0.1) is 0 Å². The van der Waals surface area contributed by atoms with Gasteiger partial charge in [0.1, 0.15) is 0 Å². The van der Waals surface area contributed by atoms with Gasteiger partial charge in [-0.3, -0.25) is 0 Å². The van der Waals surface area contributed by atoms with E-state index < -0.39 is 0 Å². The van der Waals surface area contributed by atoms with Crippen molar-refractivity contribution >= 4 is 17.0 Å². The van der Waals surface area contributed by atoms with E-state index in [0.717, 1.165) is 25.9 Å². The number of benzene rings is 1. The maximum atomic E-state index is 6.15. The Hall–Kier alpha value is -1.32. The molecule has 2 N–H and O–H groups in total. The van der Waals surface area contributed by atoms with Crippen LogP contribution in [-0.2, 0) is 12.8 Å². The monoisotopic (exact) mass is 258 g/mol. The smallest absolute Gasteiger partial charge is 0.0400 e. The lowest BCUT2D eigenvalue weighted by Crippen LogP contribution is -2.44. The number of anilines is 1. The van der Waals surface area contributed by atoms with Gasteiger partial charge < -0.3 is 10.6 Å². The Kier molecular flexibility index (Phi) is 3.35. The molecule has 0 radical (unpaired) electrons. The molecule has 0 aliphatic carbocycles. The van der Waals surface area contributed by atoms with Crippen molar-refractivity contribution in [2.75, 3.05) is 18.0 Å². The molecule has 3 heteroatoms. The van der Waals surface area contributed by atoms with Crippen LogP contribution in [0.15, 0.2) is 41.1 Å². The molecule has 18 heavy (non-hydrogen) atoms. The van der Waals surface area contributed by atoms with Crippen LogP contribution in [0.2, 0.25) is 0 Å². The SMILES string of the molecule is NC1Cc2ccccc2N(CCc2ccsc2)C1. The van der Waals surface area contributed by atoms with E-state index in [4.69, 9.17) is 5.73 Å². The number of rotatable bonds is 3. The molecule has 2 aromatic rings. The van der Waals surface area contributed by atoms with Gasteiger partial charge in [0, 0.05) is 24.8 Å². The topological polar surface area (TPSA) is 29.3 Å². The summed E-state index contributed by atoms with van der Waals surface area (Å²) in [6.07, 6.45) is 2.11. The molecular formula is C15H18N2S. The second kappa shape index (κ2) is 5.12. The minimum Gasteiger partial charge on any atom is -0.369 e. The lowest BCUT2D eigenvalue weighted by molar-refractivity contribution is 0.599. The average molecular weight is 258 g/mol. The molecule has 94 valence electrons. The van der Waals surface area contributed by atoms with Crippen LogP contribution >= 0.6 is 11.3 Å². The van der Waals surface area contributed by atoms with Crippen LogP contribution in [0.3, 0.4) is 0 Å². The van der Waals surface area contributed by atoms with Crippen molar-refractivity contribution in [3.8, 4) is 0 Å². The molecule has 1 aromatic heterocycles. The molecule has 2 nitrogen and oxygen atoms in total. The third-order valence-corrected chi connectivity index (χ3v) is 4.25. The maximum absolute atomic E-state index is 6.15. The van der Waals surface area contributed by atoms with Crippen LogP contribution in [-0.4, -0.2) is 19.1 Å². The number of thiophene rings is 1. The molecule has 3 rings (SSSR count). The van der Waals surface area contributed by atoms with Gasteiger partial charge in [-0.05, 0) is 46.9 Å². The van der Waals surface area contributed by atoms with E-state index in [1.54, 1.807) is 11.3 Å². The molecule has 0 spiro atoms. The third-order valence-electron chi connectivity index (χ3n) is 3.52. The summed E-state index contributed by atoms with van der Waals surface area (Å²) < 4.78 is 0. The first-order chi connectivity index (χ1) is 8.83. The number of nitrogens with zero attached hydrogens (tertiary/aromatic N) is 1. The van der Waals surface area contributed by atoms with E-state index in [-0.39, 0.29) is 6.04 Å². The molecule has 1 aromatic carbocycles. The zero-order valence-corrected chi connectivity index (χ0v) is 11.2. The first-order valence-corrected chi connectivity index (χ1v) is 7.37. The summed E-state index contributed by atoms with van der Waals surface area (Å²) in [6.45, 7) is 2.03. The molecule has 1 aliphatic rings. The molecule has 0 bridgehead atoms. The molecule has 0 fully saturated rings. The summed E-state index contributed by atoms with van der Waals surface area (Å²) in [5.74, 6) is 0. The van der Waals surface area contributed by atoms with Crippen molar-refractivity contribution in [1.82, 2.24) is 0 Å². The highest BCUT2D eigenvalue weighted by Gasteiger charge is 2.21. The average Bonchev–Trinajstić information content (AvgIpc) is 2.89. The summed E-state index contributed by atoms with van der Waals surface area (Å²) in [7, 11) is 0. The fourth-order valence-electron chi connectivity index (χ4n) is 2.63. The van der Waals surface area contributed by atoms with Gasteiger partial charge in [0.05, 0.1) is 0 Å². The Labute approximate surface area is 112 Å². The Bertz CT molecular complexity index is 507. The van der Waals surface area contributed by atoms with Crippen molar-refractivity contribution < 1.29 is 0 Å². The van der Waals surface area contributed by atoms with Gasteiger partial charge in [0.25, 0.3) is 0 Å². The molecule has 0 saturated carbocycles. The van der Waals surface area contributed by atoms with Crippen molar-refractivity contribution in [1.29, 1.82) is 0 Å². The Balaban J connectivity index is 1.76. The largest absolute Gasteiger partial charge is 0.369 e. The van der Waals surface area contributed by atoms with Crippen molar-refractivity contribution in [3.63, 3.8) is 0 Å². The summed E-state index contributed by atoms with van der Waals surface area (Å²) in [5.41, 5.74) is 10.3. The number of nitrogens with two attached hydrogens (primary N) is 1. The highest BCUT2D eigenvalue weighted by molar-refractivity contribution is 7.07. The summed E-state index contributed by atoms with van der Waals surface area (Å²) in [6, 6.07) is 11.1. The van der Waals surface area contributed by atoms with Crippen molar-refractivity contribution in [2.45, 2.75) is 18.9 Å². The molecule has 1 unspecified atom stereocenters. The fourth-order valence-corrected chi connectivity index (χ4v) is 3.33. The highest BCUT2D eigenvalue weighted by atomic mass is 32.1. The second-order valence-electron chi connectivity index (χ2n) is 4.92. The molecule has 1 aliphatic heterocycles. The van der Waals surface area contributed by atoms with Crippen molar-refractivity contribution in [2.24, 2.45) is 5.73 Å². The van der Waals surface area contributed by atoms with Crippen LogP contribution < -0.4 is 10.6 Å². The molecule has 1 atom stereocenters. The van der Waals surface area contributed by atoms with E-state index >= 15 is 0 Å². The molecule has 0 amide bonds. The van der Waals surface area contributed by atoms with Gasteiger partial charge in [-0.2, -0.15) is 11.3 Å². The molecule has 2 heterocycles. The summed E-state index contributed by atoms with van der Waals surface area (Å²) >= 11 is 1.77. The van der Waals surface area contributed by atoms with Gasteiger partial charge in [0.2, 0.25) is 0 Å². The third kappa shape index (κ3) is 2.42. The lowest BCUT2D eigenvalue weighted by Gasteiger charge is -2.34. The Morgan fingerprint density at radius 3 is 3.00 bits per heavy atom. The van der Waals surface area contributed by atoms with Gasteiger partial charge >= 0.3 is 0 Å². The predicted molar refractivity (Wildman–Crippen MR) is 78.4 cm³/mol. The minimum absolute atomic E-state index is 0.266. The second-order valence-corrected chi connectivity index (χ2v) is 5.70. The first kappa shape index (κ1) is 11.8. The maximum Gasteiger partial charge on any atom is 0.0400 e. The Morgan fingerprint density at radius 1 is 1.28 bits per heavy atom. The van der Waals surface area contributed by atoms with Crippen molar-refractivity contribution in [3.05, 3.63) is 52.2 Å².